The highest BCUT2D eigenvalue weighted by Crippen LogP contribution is 2.33. The maximum atomic E-state index is 6.46. The third-order valence-electron chi connectivity index (χ3n) is 3.66. The first-order chi connectivity index (χ1) is 9.17. The molecule has 1 aliphatic rings. The Morgan fingerprint density at radius 1 is 1.47 bits per heavy atom. The predicted molar refractivity (Wildman–Crippen MR) is 81.1 cm³/mol. The molecule has 1 saturated heterocycles. The van der Waals surface area contributed by atoms with Crippen molar-refractivity contribution in [2.75, 3.05) is 25.1 Å². The summed E-state index contributed by atoms with van der Waals surface area (Å²) >= 11 is 6.46. The second-order valence-electron chi connectivity index (χ2n) is 5.14. The standard InChI is InChI=1S/C15H23ClN2O/c1-4-13-10-19-11(2)9-18(13)15-12(8-17-3)6-5-7-14(15)16/h5-7,11,13,17H,4,8-10H2,1-3H3. The summed E-state index contributed by atoms with van der Waals surface area (Å²) in [4.78, 5) is 2.42. The minimum Gasteiger partial charge on any atom is -0.375 e. The van der Waals surface area contributed by atoms with Gasteiger partial charge in [-0.1, -0.05) is 30.7 Å². The van der Waals surface area contributed by atoms with E-state index in [-0.39, 0.29) is 6.10 Å². The highest BCUT2D eigenvalue weighted by molar-refractivity contribution is 6.33. The normalized spacial score (nSPS) is 23.7. The molecule has 0 aromatic heterocycles. The summed E-state index contributed by atoms with van der Waals surface area (Å²) in [5.41, 5.74) is 2.42. The second-order valence-corrected chi connectivity index (χ2v) is 5.54. The van der Waals surface area contributed by atoms with E-state index in [1.807, 2.05) is 19.2 Å². The molecule has 106 valence electrons. The number of anilines is 1. The smallest absolute Gasteiger partial charge is 0.0723 e. The first kappa shape index (κ1) is 14.6. The molecule has 19 heavy (non-hydrogen) atoms. The van der Waals surface area contributed by atoms with Crippen LogP contribution in [-0.2, 0) is 11.3 Å². The Hall–Kier alpha value is -0.770. The van der Waals surface area contributed by atoms with Crippen LogP contribution in [-0.4, -0.2) is 32.3 Å². The lowest BCUT2D eigenvalue weighted by molar-refractivity contribution is 0.0299. The summed E-state index contributed by atoms with van der Waals surface area (Å²) in [6.45, 7) is 6.83. The highest BCUT2D eigenvalue weighted by atomic mass is 35.5. The molecule has 0 radical (unpaired) electrons. The van der Waals surface area contributed by atoms with Crippen LogP contribution in [0.3, 0.4) is 0 Å². The van der Waals surface area contributed by atoms with Crippen molar-refractivity contribution in [2.24, 2.45) is 0 Å². The van der Waals surface area contributed by atoms with E-state index in [9.17, 15) is 0 Å². The van der Waals surface area contributed by atoms with Crippen molar-refractivity contribution in [3.8, 4) is 0 Å². The Labute approximate surface area is 120 Å². The van der Waals surface area contributed by atoms with Crippen LogP contribution in [0.5, 0.6) is 0 Å². The zero-order chi connectivity index (χ0) is 13.8. The van der Waals surface area contributed by atoms with Gasteiger partial charge in [-0.05, 0) is 32.0 Å². The molecule has 4 heteroatoms. The Morgan fingerprint density at radius 3 is 2.95 bits per heavy atom. The number of benzene rings is 1. The lowest BCUT2D eigenvalue weighted by Crippen LogP contribution is -2.49. The van der Waals surface area contributed by atoms with Crippen molar-refractivity contribution < 1.29 is 4.74 Å². The predicted octanol–water partition coefficient (Wildman–Crippen LogP) is 3.06. The highest BCUT2D eigenvalue weighted by Gasteiger charge is 2.28. The fraction of sp³-hybridized carbons (Fsp3) is 0.600. The number of halogens is 1. The number of ether oxygens (including phenoxy) is 1. The third kappa shape index (κ3) is 3.22. The topological polar surface area (TPSA) is 24.5 Å². The maximum absolute atomic E-state index is 6.46. The van der Waals surface area contributed by atoms with Gasteiger partial charge in [0.1, 0.15) is 0 Å². The van der Waals surface area contributed by atoms with Crippen molar-refractivity contribution in [3.63, 3.8) is 0 Å². The minimum absolute atomic E-state index is 0.251. The van der Waals surface area contributed by atoms with Gasteiger partial charge in [0.25, 0.3) is 0 Å². The van der Waals surface area contributed by atoms with Crippen molar-refractivity contribution in [1.82, 2.24) is 5.32 Å². The van der Waals surface area contributed by atoms with E-state index in [2.05, 4.69) is 30.1 Å². The van der Waals surface area contributed by atoms with Gasteiger partial charge in [-0.3, -0.25) is 0 Å². The summed E-state index contributed by atoms with van der Waals surface area (Å²) in [7, 11) is 1.96. The Kier molecular flexibility index (Phi) is 5.08. The number of morpholine rings is 1. The SMILES string of the molecule is CCC1COC(C)CN1c1c(Cl)cccc1CNC. The van der Waals surface area contributed by atoms with Gasteiger partial charge in [-0.25, -0.2) is 0 Å². The van der Waals surface area contributed by atoms with Crippen LogP contribution in [0.15, 0.2) is 18.2 Å². The molecular weight excluding hydrogens is 260 g/mol. The van der Waals surface area contributed by atoms with E-state index in [0.717, 1.165) is 31.1 Å². The Morgan fingerprint density at radius 2 is 2.26 bits per heavy atom. The van der Waals surface area contributed by atoms with E-state index in [0.29, 0.717) is 6.04 Å². The maximum Gasteiger partial charge on any atom is 0.0723 e. The lowest BCUT2D eigenvalue weighted by Gasteiger charge is -2.41. The molecule has 0 bridgehead atoms. The van der Waals surface area contributed by atoms with Gasteiger partial charge in [-0.15, -0.1) is 0 Å². The van der Waals surface area contributed by atoms with E-state index >= 15 is 0 Å². The zero-order valence-electron chi connectivity index (χ0n) is 11.9. The van der Waals surface area contributed by atoms with Crippen molar-refractivity contribution in [3.05, 3.63) is 28.8 Å². The molecule has 2 unspecified atom stereocenters. The molecule has 1 fully saturated rings. The molecule has 3 nitrogen and oxygen atoms in total. The van der Waals surface area contributed by atoms with Gasteiger partial charge < -0.3 is 15.0 Å². The zero-order valence-corrected chi connectivity index (χ0v) is 12.7. The molecule has 1 aromatic carbocycles. The minimum atomic E-state index is 0.251. The van der Waals surface area contributed by atoms with Gasteiger partial charge in [0, 0.05) is 13.1 Å². The Bertz CT molecular complexity index is 425. The van der Waals surface area contributed by atoms with Gasteiger partial charge in [0.05, 0.1) is 29.5 Å². The molecule has 1 aromatic rings. The molecule has 0 amide bonds. The molecule has 0 aliphatic carbocycles. The monoisotopic (exact) mass is 282 g/mol. The van der Waals surface area contributed by atoms with E-state index in [1.165, 1.54) is 11.3 Å². The quantitative estimate of drug-likeness (QED) is 0.919. The molecule has 2 rings (SSSR count). The summed E-state index contributed by atoms with van der Waals surface area (Å²) in [5, 5.41) is 4.05. The molecule has 1 aliphatic heterocycles. The van der Waals surface area contributed by atoms with Gasteiger partial charge >= 0.3 is 0 Å². The number of nitrogens with zero attached hydrogens (tertiary/aromatic N) is 1. The number of hydrogen-bond acceptors (Lipinski definition) is 3. The first-order valence-electron chi connectivity index (χ1n) is 6.97. The molecule has 1 N–H and O–H groups in total. The first-order valence-corrected chi connectivity index (χ1v) is 7.35. The number of rotatable bonds is 4. The number of para-hydroxylation sites is 1. The van der Waals surface area contributed by atoms with Crippen molar-refractivity contribution in [2.45, 2.75) is 39.0 Å². The van der Waals surface area contributed by atoms with Crippen LogP contribution in [0.1, 0.15) is 25.8 Å². The van der Waals surface area contributed by atoms with Crippen molar-refractivity contribution >= 4 is 17.3 Å². The largest absolute Gasteiger partial charge is 0.375 e. The van der Waals surface area contributed by atoms with E-state index in [1.54, 1.807) is 0 Å². The molecule has 0 saturated carbocycles. The summed E-state index contributed by atoms with van der Waals surface area (Å²) in [6, 6.07) is 6.54. The van der Waals surface area contributed by atoms with Gasteiger partial charge in [0.15, 0.2) is 0 Å². The van der Waals surface area contributed by atoms with Crippen LogP contribution < -0.4 is 10.2 Å². The van der Waals surface area contributed by atoms with Crippen LogP contribution in [0, 0.1) is 0 Å². The molecule has 2 atom stereocenters. The van der Waals surface area contributed by atoms with Crippen LogP contribution in [0.25, 0.3) is 0 Å². The van der Waals surface area contributed by atoms with E-state index < -0.39 is 0 Å². The number of hydrogen-bond donors (Lipinski definition) is 1. The summed E-state index contributed by atoms with van der Waals surface area (Å²) in [6.07, 6.45) is 1.32. The van der Waals surface area contributed by atoms with Crippen LogP contribution in [0.2, 0.25) is 5.02 Å². The second kappa shape index (κ2) is 6.60. The van der Waals surface area contributed by atoms with Crippen molar-refractivity contribution in [1.29, 1.82) is 0 Å². The van der Waals surface area contributed by atoms with Crippen LogP contribution in [0.4, 0.5) is 5.69 Å². The van der Waals surface area contributed by atoms with Gasteiger partial charge in [0.2, 0.25) is 0 Å². The van der Waals surface area contributed by atoms with Crippen LogP contribution >= 0.6 is 11.6 Å². The van der Waals surface area contributed by atoms with Gasteiger partial charge in [-0.2, -0.15) is 0 Å². The fourth-order valence-electron chi connectivity index (χ4n) is 2.67. The lowest BCUT2D eigenvalue weighted by atomic mass is 10.1. The van der Waals surface area contributed by atoms with E-state index in [4.69, 9.17) is 16.3 Å². The summed E-state index contributed by atoms with van der Waals surface area (Å²) in [5.74, 6) is 0. The average molecular weight is 283 g/mol. The molecule has 0 spiro atoms. The molecule has 1 heterocycles. The molecular formula is C15H23ClN2O. The third-order valence-corrected chi connectivity index (χ3v) is 3.97. The number of nitrogens with one attached hydrogen (secondary N) is 1. The fourth-order valence-corrected chi connectivity index (χ4v) is 2.97. The average Bonchev–Trinajstić information content (AvgIpc) is 2.39. The summed E-state index contributed by atoms with van der Waals surface area (Å²) < 4.78 is 5.77. The Balaban J connectivity index is 2.37.